The zero-order valence-corrected chi connectivity index (χ0v) is 9.32. The van der Waals surface area contributed by atoms with Crippen LogP contribution < -0.4 is 0 Å². The van der Waals surface area contributed by atoms with E-state index in [4.69, 9.17) is 4.42 Å². The summed E-state index contributed by atoms with van der Waals surface area (Å²) in [6.07, 6.45) is 3.11. The molecular formula is C13H15NO. The van der Waals surface area contributed by atoms with Gasteiger partial charge >= 0.3 is 0 Å². The van der Waals surface area contributed by atoms with Crippen molar-refractivity contribution in [3.63, 3.8) is 0 Å². The second-order valence-electron chi connectivity index (χ2n) is 4.70. The van der Waals surface area contributed by atoms with Crippen molar-refractivity contribution in [3.8, 4) is 11.3 Å². The molecule has 78 valence electrons. The maximum atomic E-state index is 4.96. The summed E-state index contributed by atoms with van der Waals surface area (Å²) < 4.78 is 4.96. The first-order chi connectivity index (χ1) is 7.07. The Morgan fingerprint density at radius 3 is 2.20 bits per heavy atom. The van der Waals surface area contributed by atoms with E-state index in [2.05, 4.69) is 50.0 Å². The molecule has 0 bridgehead atoms. The Hall–Kier alpha value is -1.57. The second kappa shape index (κ2) is 3.54. The molecule has 0 unspecified atom stereocenters. The summed E-state index contributed by atoms with van der Waals surface area (Å²) in [5.74, 6) is 0. The molecule has 0 saturated heterocycles. The maximum absolute atomic E-state index is 4.96. The van der Waals surface area contributed by atoms with E-state index in [1.807, 2.05) is 0 Å². The summed E-state index contributed by atoms with van der Waals surface area (Å²) in [6.45, 7) is 6.62. The molecule has 0 radical (unpaired) electrons. The van der Waals surface area contributed by atoms with Crippen LogP contribution in [0.1, 0.15) is 26.3 Å². The molecular weight excluding hydrogens is 186 g/mol. The van der Waals surface area contributed by atoms with Gasteiger partial charge in [0.2, 0.25) is 0 Å². The van der Waals surface area contributed by atoms with E-state index in [0.717, 1.165) is 11.3 Å². The lowest BCUT2D eigenvalue weighted by atomic mass is 9.86. The van der Waals surface area contributed by atoms with E-state index in [9.17, 15) is 0 Å². The van der Waals surface area contributed by atoms with Gasteiger partial charge in [0.05, 0.1) is 0 Å². The van der Waals surface area contributed by atoms with Crippen LogP contribution in [0.5, 0.6) is 0 Å². The first kappa shape index (κ1) is 9.97. The summed E-state index contributed by atoms with van der Waals surface area (Å²) >= 11 is 0. The van der Waals surface area contributed by atoms with Crippen molar-refractivity contribution in [2.45, 2.75) is 26.2 Å². The monoisotopic (exact) mass is 201 g/mol. The van der Waals surface area contributed by atoms with Gasteiger partial charge in [-0.15, -0.1) is 0 Å². The molecule has 2 nitrogen and oxygen atoms in total. The lowest BCUT2D eigenvalue weighted by Crippen LogP contribution is -2.10. The first-order valence-corrected chi connectivity index (χ1v) is 5.06. The topological polar surface area (TPSA) is 26.0 Å². The minimum absolute atomic E-state index is 0.197. The van der Waals surface area contributed by atoms with E-state index < -0.39 is 0 Å². The van der Waals surface area contributed by atoms with Crippen LogP contribution in [-0.2, 0) is 5.41 Å². The smallest absolute Gasteiger partial charge is 0.181 e. The van der Waals surface area contributed by atoms with Gasteiger partial charge in [-0.2, -0.15) is 0 Å². The highest BCUT2D eigenvalue weighted by Crippen LogP contribution is 2.25. The standard InChI is InChI=1S/C13H15NO/c1-13(2,3)11-6-4-10(5-7-11)12-8-15-9-14-12/h4-9H,1-3H3. The highest BCUT2D eigenvalue weighted by atomic mass is 16.3. The molecule has 0 N–H and O–H groups in total. The minimum Gasteiger partial charge on any atom is -0.451 e. The van der Waals surface area contributed by atoms with Crippen molar-refractivity contribution in [2.24, 2.45) is 0 Å². The van der Waals surface area contributed by atoms with E-state index in [-0.39, 0.29) is 5.41 Å². The van der Waals surface area contributed by atoms with Gasteiger partial charge in [-0.3, -0.25) is 0 Å². The SMILES string of the molecule is CC(C)(C)c1ccc(-c2cocn2)cc1. The van der Waals surface area contributed by atoms with Crippen LogP contribution in [0, 0.1) is 0 Å². The van der Waals surface area contributed by atoms with Gasteiger partial charge in [0.25, 0.3) is 0 Å². The van der Waals surface area contributed by atoms with Gasteiger partial charge in [0, 0.05) is 5.56 Å². The third kappa shape index (κ3) is 2.09. The molecule has 2 aromatic rings. The third-order valence-electron chi connectivity index (χ3n) is 2.48. The van der Waals surface area contributed by atoms with Crippen LogP contribution >= 0.6 is 0 Å². The molecule has 0 spiro atoms. The van der Waals surface area contributed by atoms with Crippen LogP contribution in [-0.4, -0.2) is 4.98 Å². The fraction of sp³-hybridized carbons (Fsp3) is 0.308. The predicted octanol–water partition coefficient (Wildman–Crippen LogP) is 3.64. The fourth-order valence-corrected chi connectivity index (χ4v) is 1.50. The van der Waals surface area contributed by atoms with E-state index >= 15 is 0 Å². The number of rotatable bonds is 1. The van der Waals surface area contributed by atoms with E-state index in [1.165, 1.54) is 12.0 Å². The van der Waals surface area contributed by atoms with Crippen molar-refractivity contribution in [1.29, 1.82) is 0 Å². The average molecular weight is 201 g/mol. The van der Waals surface area contributed by atoms with Crippen LogP contribution in [0.25, 0.3) is 11.3 Å². The summed E-state index contributed by atoms with van der Waals surface area (Å²) in [5, 5.41) is 0. The molecule has 1 heterocycles. The van der Waals surface area contributed by atoms with Crippen LogP contribution in [0.15, 0.2) is 41.3 Å². The number of hydrogen-bond acceptors (Lipinski definition) is 2. The quantitative estimate of drug-likeness (QED) is 0.704. The van der Waals surface area contributed by atoms with Gasteiger partial charge in [0.15, 0.2) is 6.39 Å². The van der Waals surface area contributed by atoms with Gasteiger partial charge < -0.3 is 4.42 Å². The normalized spacial score (nSPS) is 11.7. The Labute approximate surface area is 90.0 Å². The third-order valence-corrected chi connectivity index (χ3v) is 2.48. The molecule has 0 aliphatic carbocycles. The Morgan fingerprint density at radius 2 is 1.73 bits per heavy atom. The predicted molar refractivity (Wildman–Crippen MR) is 60.6 cm³/mol. The summed E-state index contributed by atoms with van der Waals surface area (Å²) in [4.78, 5) is 4.11. The molecule has 0 aliphatic rings. The molecule has 2 rings (SSSR count). The van der Waals surface area contributed by atoms with Gasteiger partial charge in [-0.1, -0.05) is 45.0 Å². The number of nitrogens with zero attached hydrogens (tertiary/aromatic N) is 1. The first-order valence-electron chi connectivity index (χ1n) is 5.06. The molecule has 0 aliphatic heterocycles. The highest BCUT2D eigenvalue weighted by Gasteiger charge is 2.13. The van der Waals surface area contributed by atoms with Crippen LogP contribution in [0.2, 0.25) is 0 Å². The van der Waals surface area contributed by atoms with Crippen molar-refractivity contribution in [1.82, 2.24) is 4.98 Å². The number of hydrogen-bond donors (Lipinski definition) is 0. The van der Waals surface area contributed by atoms with Crippen molar-refractivity contribution >= 4 is 0 Å². The maximum Gasteiger partial charge on any atom is 0.181 e. The molecule has 15 heavy (non-hydrogen) atoms. The van der Waals surface area contributed by atoms with Crippen LogP contribution in [0.4, 0.5) is 0 Å². The average Bonchev–Trinajstić information content (AvgIpc) is 2.69. The zero-order chi connectivity index (χ0) is 10.9. The molecule has 0 saturated carbocycles. The number of oxazole rings is 1. The summed E-state index contributed by atoms with van der Waals surface area (Å²) in [6, 6.07) is 8.45. The molecule has 0 amide bonds. The highest BCUT2D eigenvalue weighted by molar-refractivity contribution is 5.58. The van der Waals surface area contributed by atoms with Crippen molar-refractivity contribution in [3.05, 3.63) is 42.5 Å². The van der Waals surface area contributed by atoms with Gasteiger partial charge in [0.1, 0.15) is 12.0 Å². The number of benzene rings is 1. The van der Waals surface area contributed by atoms with Gasteiger partial charge in [-0.05, 0) is 11.0 Å². The summed E-state index contributed by atoms with van der Waals surface area (Å²) in [5.41, 5.74) is 3.50. The minimum atomic E-state index is 0.197. The van der Waals surface area contributed by atoms with Crippen LogP contribution in [0.3, 0.4) is 0 Å². The molecule has 2 heteroatoms. The van der Waals surface area contributed by atoms with E-state index in [0.29, 0.717) is 0 Å². The summed E-state index contributed by atoms with van der Waals surface area (Å²) in [7, 11) is 0. The molecule has 1 aromatic carbocycles. The zero-order valence-electron chi connectivity index (χ0n) is 9.32. The lowest BCUT2D eigenvalue weighted by molar-refractivity contribution is 0.558. The number of aromatic nitrogens is 1. The Kier molecular flexibility index (Phi) is 2.35. The van der Waals surface area contributed by atoms with E-state index in [1.54, 1.807) is 6.26 Å². The van der Waals surface area contributed by atoms with Crippen molar-refractivity contribution in [2.75, 3.05) is 0 Å². The largest absolute Gasteiger partial charge is 0.451 e. The Balaban J connectivity index is 2.33. The molecule has 0 fully saturated rings. The van der Waals surface area contributed by atoms with Crippen molar-refractivity contribution < 1.29 is 4.42 Å². The Morgan fingerprint density at radius 1 is 1.07 bits per heavy atom. The second-order valence-corrected chi connectivity index (χ2v) is 4.70. The molecule has 0 atom stereocenters. The fourth-order valence-electron chi connectivity index (χ4n) is 1.50. The lowest BCUT2D eigenvalue weighted by Gasteiger charge is -2.18. The van der Waals surface area contributed by atoms with Gasteiger partial charge in [-0.25, -0.2) is 4.98 Å². The Bertz CT molecular complexity index is 421. The molecule has 1 aromatic heterocycles.